The summed E-state index contributed by atoms with van der Waals surface area (Å²) in [5.41, 5.74) is 1.09. The van der Waals surface area contributed by atoms with Crippen LogP contribution < -0.4 is 5.32 Å². The van der Waals surface area contributed by atoms with Gasteiger partial charge in [-0.05, 0) is 66.4 Å². The zero-order valence-electron chi connectivity index (χ0n) is 17.4. The largest absolute Gasteiger partial charge is 0.416 e. The fourth-order valence-electron chi connectivity index (χ4n) is 3.50. The molecule has 0 bridgehead atoms. The summed E-state index contributed by atoms with van der Waals surface area (Å²) in [6.45, 7) is 0.877. The van der Waals surface area contributed by atoms with E-state index < -0.39 is 29.3 Å². The van der Waals surface area contributed by atoms with Crippen molar-refractivity contribution in [2.75, 3.05) is 5.32 Å². The van der Waals surface area contributed by atoms with Crippen LogP contribution in [0.1, 0.15) is 39.9 Å². The van der Waals surface area contributed by atoms with Crippen molar-refractivity contribution in [1.82, 2.24) is 9.88 Å². The second-order valence-electron chi connectivity index (χ2n) is 8.00. The van der Waals surface area contributed by atoms with E-state index in [-0.39, 0.29) is 11.3 Å². The van der Waals surface area contributed by atoms with Gasteiger partial charge in [0.25, 0.3) is 5.91 Å². The lowest BCUT2D eigenvalue weighted by molar-refractivity contribution is -0.137. The summed E-state index contributed by atoms with van der Waals surface area (Å²) >= 11 is 0. The van der Waals surface area contributed by atoms with Crippen molar-refractivity contribution in [2.24, 2.45) is 0 Å². The molecule has 1 aliphatic rings. The van der Waals surface area contributed by atoms with Crippen molar-refractivity contribution < 1.29 is 26.7 Å². The number of amides is 1. The minimum atomic E-state index is -4.45. The number of alkyl halides is 3. The molecule has 1 heterocycles. The van der Waals surface area contributed by atoms with Crippen LogP contribution in [0.2, 0.25) is 0 Å². The lowest BCUT2D eigenvalue weighted by Crippen LogP contribution is -2.25. The van der Waals surface area contributed by atoms with Gasteiger partial charge in [-0.1, -0.05) is 6.07 Å². The third-order valence-corrected chi connectivity index (χ3v) is 5.35. The van der Waals surface area contributed by atoms with Gasteiger partial charge in [-0.3, -0.25) is 14.7 Å². The number of nitrogens with zero attached hydrogens (tertiary/aromatic N) is 2. The van der Waals surface area contributed by atoms with Gasteiger partial charge < -0.3 is 5.32 Å². The number of rotatable bonds is 7. The lowest BCUT2D eigenvalue weighted by atomic mass is 10.1. The number of carbonyl (C=O) groups excluding carboxylic acids is 1. The third kappa shape index (κ3) is 5.92. The van der Waals surface area contributed by atoms with Crippen LogP contribution in [-0.2, 0) is 19.3 Å². The summed E-state index contributed by atoms with van der Waals surface area (Å²) in [5, 5.41) is 2.57. The number of aromatic nitrogens is 1. The number of benzene rings is 2. The Balaban J connectivity index is 1.44. The standard InChI is InChI=1S/C24H20F5N3O/c25-21-8-1-15(10-22(21)26)13-32(20-6-7-20)14-16-9-17(12-30-11-16)23(33)31-19-4-2-18(3-5-19)24(27,28)29/h1-5,8-12,20H,6-7,13-14H2,(H,31,33). The highest BCUT2D eigenvalue weighted by Gasteiger charge is 2.30. The predicted molar refractivity (Wildman–Crippen MR) is 112 cm³/mol. The van der Waals surface area contributed by atoms with Crippen LogP contribution in [0.5, 0.6) is 0 Å². The molecule has 172 valence electrons. The molecule has 9 heteroatoms. The molecule has 0 spiro atoms. The van der Waals surface area contributed by atoms with E-state index in [0.717, 1.165) is 36.6 Å². The summed E-state index contributed by atoms with van der Waals surface area (Å²) in [5.74, 6) is -2.29. The molecule has 0 radical (unpaired) electrons. The van der Waals surface area contributed by atoms with Crippen LogP contribution in [0, 0.1) is 11.6 Å². The van der Waals surface area contributed by atoms with E-state index in [1.54, 1.807) is 18.3 Å². The zero-order valence-corrected chi connectivity index (χ0v) is 17.4. The van der Waals surface area contributed by atoms with E-state index >= 15 is 0 Å². The Labute approximate surface area is 187 Å². The van der Waals surface area contributed by atoms with Crippen LogP contribution in [0.15, 0.2) is 60.9 Å². The molecule has 1 fully saturated rings. The summed E-state index contributed by atoms with van der Waals surface area (Å²) in [7, 11) is 0. The van der Waals surface area contributed by atoms with Crippen molar-refractivity contribution in [2.45, 2.75) is 38.1 Å². The van der Waals surface area contributed by atoms with Gasteiger partial charge >= 0.3 is 6.18 Å². The Morgan fingerprint density at radius 3 is 2.27 bits per heavy atom. The minimum absolute atomic E-state index is 0.233. The first kappa shape index (κ1) is 22.8. The van der Waals surface area contributed by atoms with Crippen LogP contribution in [0.4, 0.5) is 27.6 Å². The van der Waals surface area contributed by atoms with Gasteiger partial charge in [-0.25, -0.2) is 8.78 Å². The van der Waals surface area contributed by atoms with Crippen LogP contribution in [0.25, 0.3) is 0 Å². The van der Waals surface area contributed by atoms with Crippen LogP contribution >= 0.6 is 0 Å². The number of nitrogens with one attached hydrogen (secondary N) is 1. The summed E-state index contributed by atoms with van der Waals surface area (Å²) in [6.07, 6.45) is 0.527. The molecule has 0 aliphatic heterocycles. The van der Waals surface area contributed by atoms with E-state index in [4.69, 9.17) is 0 Å². The van der Waals surface area contributed by atoms with Gasteiger partial charge in [0.15, 0.2) is 11.6 Å². The van der Waals surface area contributed by atoms with Gasteiger partial charge in [-0.15, -0.1) is 0 Å². The van der Waals surface area contributed by atoms with Gasteiger partial charge in [0.1, 0.15) is 0 Å². The van der Waals surface area contributed by atoms with E-state index in [1.807, 2.05) is 0 Å². The van der Waals surface area contributed by atoms with E-state index in [9.17, 15) is 26.7 Å². The van der Waals surface area contributed by atoms with E-state index in [0.29, 0.717) is 24.7 Å². The van der Waals surface area contributed by atoms with Crippen molar-refractivity contribution in [3.8, 4) is 0 Å². The van der Waals surface area contributed by atoms with Gasteiger partial charge in [0, 0.05) is 37.2 Å². The molecule has 4 nitrogen and oxygen atoms in total. The average molecular weight is 461 g/mol. The molecule has 1 N–H and O–H groups in total. The van der Waals surface area contributed by atoms with Gasteiger partial charge in [0.05, 0.1) is 11.1 Å². The van der Waals surface area contributed by atoms with Crippen molar-refractivity contribution in [3.05, 3.63) is 94.8 Å². The predicted octanol–water partition coefficient (Wildman–Crippen LogP) is 5.80. The normalized spacial score (nSPS) is 13.9. The molecule has 0 unspecified atom stereocenters. The van der Waals surface area contributed by atoms with E-state index in [2.05, 4.69) is 15.2 Å². The number of pyridine rings is 1. The minimum Gasteiger partial charge on any atom is -0.322 e. The van der Waals surface area contributed by atoms with Gasteiger partial charge in [0.2, 0.25) is 0 Å². The number of halogens is 5. The maximum absolute atomic E-state index is 13.6. The third-order valence-electron chi connectivity index (χ3n) is 5.35. The Bertz CT molecular complexity index is 1140. The first-order valence-corrected chi connectivity index (χ1v) is 10.3. The first-order valence-electron chi connectivity index (χ1n) is 10.3. The smallest absolute Gasteiger partial charge is 0.322 e. The fourth-order valence-corrected chi connectivity index (χ4v) is 3.50. The SMILES string of the molecule is O=C(Nc1ccc(C(F)(F)F)cc1)c1cncc(CN(Cc2ccc(F)c(F)c2)C2CC2)c1. The van der Waals surface area contributed by atoms with Crippen LogP contribution in [-0.4, -0.2) is 21.8 Å². The molecule has 2 aromatic carbocycles. The molecule has 1 saturated carbocycles. The van der Waals surface area contributed by atoms with Crippen molar-refractivity contribution in [3.63, 3.8) is 0 Å². The Morgan fingerprint density at radius 1 is 0.939 bits per heavy atom. The molecule has 0 atom stereocenters. The second-order valence-corrected chi connectivity index (χ2v) is 8.00. The van der Waals surface area contributed by atoms with E-state index in [1.165, 1.54) is 24.4 Å². The Morgan fingerprint density at radius 2 is 1.64 bits per heavy atom. The zero-order chi connectivity index (χ0) is 23.6. The Hall–Kier alpha value is -3.33. The highest BCUT2D eigenvalue weighted by atomic mass is 19.4. The molecule has 0 saturated heterocycles. The maximum atomic E-state index is 13.6. The van der Waals surface area contributed by atoms with Crippen LogP contribution in [0.3, 0.4) is 0 Å². The fraction of sp³-hybridized carbons (Fsp3) is 0.250. The van der Waals surface area contributed by atoms with Crippen molar-refractivity contribution >= 4 is 11.6 Å². The molecule has 3 aromatic rings. The number of carbonyl (C=O) groups is 1. The molecule has 1 aliphatic carbocycles. The molecular weight excluding hydrogens is 441 g/mol. The lowest BCUT2D eigenvalue weighted by Gasteiger charge is -2.22. The van der Waals surface area contributed by atoms with Crippen molar-refractivity contribution in [1.29, 1.82) is 0 Å². The molecule has 4 rings (SSSR count). The number of hydrogen-bond acceptors (Lipinski definition) is 3. The monoisotopic (exact) mass is 461 g/mol. The topological polar surface area (TPSA) is 45.2 Å². The van der Waals surface area contributed by atoms with Gasteiger partial charge in [-0.2, -0.15) is 13.2 Å². The molecule has 1 amide bonds. The number of hydrogen-bond donors (Lipinski definition) is 1. The summed E-state index contributed by atoms with van der Waals surface area (Å²) in [4.78, 5) is 18.8. The molecule has 1 aromatic heterocycles. The highest BCUT2D eigenvalue weighted by molar-refractivity contribution is 6.04. The molecular formula is C24H20F5N3O. The summed E-state index contributed by atoms with van der Waals surface area (Å²) in [6, 6.07) is 9.96. The first-order chi connectivity index (χ1) is 15.7. The molecule has 33 heavy (non-hydrogen) atoms. The maximum Gasteiger partial charge on any atom is 0.416 e. The average Bonchev–Trinajstić information content (AvgIpc) is 3.61. The quantitative estimate of drug-likeness (QED) is 0.453. The highest BCUT2D eigenvalue weighted by Crippen LogP contribution is 2.31. The number of anilines is 1. The second kappa shape index (κ2) is 9.27. The summed E-state index contributed by atoms with van der Waals surface area (Å²) < 4.78 is 64.9. The Kier molecular flexibility index (Phi) is 6.42.